The van der Waals surface area contributed by atoms with Gasteiger partial charge in [-0.1, -0.05) is 59.6 Å². The molecule has 0 bridgehead atoms. The molecular weight excluding hydrogens is 283 g/mol. The Labute approximate surface area is 121 Å². The predicted molar refractivity (Wildman–Crippen MR) is 77.9 cm³/mol. The number of rotatable bonds is 3. The van der Waals surface area contributed by atoms with Crippen molar-refractivity contribution < 1.29 is 9.90 Å². The van der Waals surface area contributed by atoms with Crippen LogP contribution < -0.4 is 0 Å². The van der Waals surface area contributed by atoms with E-state index >= 15 is 0 Å². The normalized spacial score (nSPS) is 12.2. The first kappa shape index (κ1) is 13.9. The minimum atomic E-state index is -0.839. The van der Waals surface area contributed by atoms with E-state index in [0.717, 1.165) is 16.7 Å². The Balaban J connectivity index is 2.38. The monoisotopic (exact) mass is 294 g/mol. The number of benzene rings is 2. The standard InChI is InChI=1S/C15H12Cl2O2/c1-9(15(18)19)10-5-7-11(8-6-10)12-3-2-4-13(16)14(12)17/h2-9H,1H3,(H,18,19). The van der Waals surface area contributed by atoms with Crippen molar-refractivity contribution in [3.8, 4) is 11.1 Å². The topological polar surface area (TPSA) is 37.3 Å². The third-order valence-corrected chi connectivity index (χ3v) is 3.86. The molecular formula is C15H12Cl2O2. The third-order valence-electron chi connectivity index (χ3n) is 3.04. The van der Waals surface area contributed by atoms with Gasteiger partial charge < -0.3 is 5.11 Å². The van der Waals surface area contributed by atoms with Gasteiger partial charge in [0.2, 0.25) is 0 Å². The number of carbonyl (C=O) groups is 1. The van der Waals surface area contributed by atoms with Crippen molar-refractivity contribution in [2.24, 2.45) is 0 Å². The van der Waals surface area contributed by atoms with Crippen LogP contribution in [0.25, 0.3) is 11.1 Å². The van der Waals surface area contributed by atoms with Gasteiger partial charge in [-0.25, -0.2) is 0 Å². The van der Waals surface area contributed by atoms with E-state index in [1.54, 1.807) is 25.1 Å². The summed E-state index contributed by atoms with van der Waals surface area (Å²) < 4.78 is 0. The molecule has 1 atom stereocenters. The zero-order valence-corrected chi connectivity index (χ0v) is 11.7. The average molecular weight is 295 g/mol. The van der Waals surface area contributed by atoms with E-state index in [1.165, 1.54) is 0 Å². The van der Waals surface area contributed by atoms with Crippen LogP contribution in [0, 0.1) is 0 Å². The van der Waals surface area contributed by atoms with E-state index in [0.29, 0.717) is 10.0 Å². The van der Waals surface area contributed by atoms with Crippen molar-refractivity contribution in [1.82, 2.24) is 0 Å². The molecule has 0 heterocycles. The van der Waals surface area contributed by atoms with Crippen molar-refractivity contribution in [2.75, 3.05) is 0 Å². The maximum absolute atomic E-state index is 10.9. The highest BCUT2D eigenvalue weighted by Crippen LogP contribution is 2.33. The number of halogens is 2. The molecule has 0 aliphatic rings. The first-order valence-corrected chi connectivity index (χ1v) is 6.53. The van der Waals surface area contributed by atoms with Crippen LogP contribution in [-0.4, -0.2) is 11.1 Å². The summed E-state index contributed by atoms with van der Waals surface area (Å²) in [5.41, 5.74) is 2.51. The lowest BCUT2D eigenvalue weighted by Gasteiger charge is -2.09. The van der Waals surface area contributed by atoms with E-state index in [4.69, 9.17) is 28.3 Å². The first-order valence-electron chi connectivity index (χ1n) is 5.78. The van der Waals surface area contributed by atoms with Gasteiger partial charge in [0.1, 0.15) is 0 Å². The molecule has 2 aromatic rings. The van der Waals surface area contributed by atoms with E-state index in [9.17, 15) is 4.79 Å². The highest BCUT2D eigenvalue weighted by Gasteiger charge is 2.14. The SMILES string of the molecule is CC(C(=O)O)c1ccc(-c2cccc(Cl)c2Cl)cc1. The maximum atomic E-state index is 10.9. The summed E-state index contributed by atoms with van der Waals surface area (Å²) in [7, 11) is 0. The second-order valence-electron chi connectivity index (χ2n) is 4.28. The number of carboxylic acids is 1. The molecule has 0 aliphatic carbocycles. The molecule has 0 spiro atoms. The lowest BCUT2D eigenvalue weighted by Crippen LogP contribution is -2.06. The summed E-state index contributed by atoms with van der Waals surface area (Å²) in [5, 5.41) is 9.97. The van der Waals surface area contributed by atoms with Gasteiger partial charge in [0.25, 0.3) is 0 Å². The summed E-state index contributed by atoms with van der Waals surface area (Å²) in [6, 6.07) is 12.7. The van der Waals surface area contributed by atoms with Crippen LogP contribution in [0.15, 0.2) is 42.5 Å². The molecule has 0 amide bonds. The van der Waals surface area contributed by atoms with Crippen molar-refractivity contribution >= 4 is 29.2 Å². The lowest BCUT2D eigenvalue weighted by atomic mass is 9.98. The summed E-state index contributed by atoms with van der Waals surface area (Å²) in [4.78, 5) is 10.9. The quantitative estimate of drug-likeness (QED) is 0.879. The van der Waals surface area contributed by atoms with Gasteiger partial charge in [0.15, 0.2) is 0 Å². The van der Waals surface area contributed by atoms with Gasteiger partial charge in [-0.2, -0.15) is 0 Å². The van der Waals surface area contributed by atoms with Gasteiger partial charge in [-0.3, -0.25) is 4.79 Å². The molecule has 2 aromatic carbocycles. The Morgan fingerprint density at radius 2 is 1.74 bits per heavy atom. The summed E-state index contributed by atoms with van der Waals surface area (Å²) in [6.07, 6.45) is 0. The van der Waals surface area contributed by atoms with E-state index < -0.39 is 11.9 Å². The molecule has 0 saturated carbocycles. The van der Waals surface area contributed by atoms with Crippen LogP contribution in [0.5, 0.6) is 0 Å². The van der Waals surface area contributed by atoms with Crippen molar-refractivity contribution in [1.29, 1.82) is 0 Å². The number of carboxylic acid groups (broad SMARTS) is 1. The van der Waals surface area contributed by atoms with Crippen molar-refractivity contribution in [3.05, 3.63) is 58.1 Å². The van der Waals surface area contributed by atoms with Gasteiger partial charge in [-0.05, 0) is 24.1 Å². The molecule has 0 aliphatic heterocycles. The van der Waals surface area contributed by atoms with Gasteiger partial charge >= 0.3 is 5.97 Å². The predicted octanol–water partition coefficient (Wildman–Crippen LogP) is 4.85. The Kier molecular flexibility index (Phi) is 4.13. The van der Waals surface area contributed by atoms with Crippen LogP contribution >= 0.6 is 23.2 Å². The van der Waals surface area contributed by atoms with Crippen molar-refractivity contribution in [3.63, 3.8) is 0 Å². The molecule has 1 N–H and O–H groups in total. The lowest BCUT2D eigenvalue weighted by molar-refractivity contribution is -0.138. The molecule has 4 heteroatoms. The summed E-state index contributed by atoms with van der Waals surface area (Å²) >= 11 is 12.1. The van der Waals surface area contributed by atoms with Crippen LogP contribution in [-0.2, 0) is 4.79 Å². The largest absolute Gasteiger partial charge is 0.481 e. The zero-order chi connectivity index (χ0) is 14.0. The Hall–Kier alpha value is -1.51. The van der Waals surface area contributed by atoms with E-state index in [1.807, 2.05) is 24.3 Å². The average Bonchev–Trinajstić information content (AvgIpc) is 2.41. The Morgan fingerprint density at radius 3 is 2.32 bits per heavy atom. The van der Waals surface area contributed by atoms with Crippen LogP contribution in [0.4, 0.5) is 0 Å². The zero-order valence-electron chi connectivity index (χ0n) is 10.2. The molecule has 2 rings (SSSR count). The summed E-state index contributed by atoms with van der Waals surface area (Å²) in [5.74, 6) is -1.36. The van der Waals surface area contributed by atoms with E-state index in [-0.39, 0.29) is 0 Å². The third kappa shape index (κ3) is 2.91. The molecule has 0 aromatic heterocycles. The van der Waals surface area contributed by atoms with Gasteiger partial charge in [0.05, 0.1) is 16.0 Å². The maximum Gasteiger partial charge on any atom is 0.310 e. The summed E-state index contributed by atoms with van der Waals surface area (Å²) in [6.45, 7) is 1.66. The first-order chi connectivity index (χ1) is 9.00. The Morgan fingerprint density at radius 1 is 1.11 bits per heavy atom. The molecule has 0 saturated heterocycles. The second kappa shape index (κ2) is 5.64. The van der Waals surface area contributed by atoms with Crippen LogP contribution in [0.3, 0.4) is 0 Å². The van der Waals surface area contributed by atoms with Crippen LogP contribution in [0.1, 0.15) is 18.4 Å². The van der Waals surface area contributed by atoms with Crippen LogP contribution in [0.2, 0.25) is 10.0 Å². The fourth-order valence-corrected chi connectivity index (χ4v) is 2.23. The number of hydrogen-bond acceptors (Lipinski definition) is 1. The number of hydrogen-bond donors (Lipinski definition) is 1. The van der Waals surface area contributed by atoms with Crippen molar-refractivity contribution in [2.45, 2.75) is 12.8 Å². The smallest absolute Gasteiger partial charge is 0.310 e. The Bertz CT molecular complexity index is 606. The molecule has 98 valence electrons. The fourth-order valence-electron chi connectivity index (χ4n) is 1.82. The molecule has 0 fully saturated rings. The highest BCUT2D eigenvalue weighted by molar-refractivity contribution is 6.43. The molecule has 1 unspecified atom stereocenters. The molecule has 19 heavy (non-hydrogen) atoms. The highest BCUT2D eigenvalue weighted by atomic mass is 35.5. The minimum Gasteiger partial charge on any atom is -0.481 e. The van der Waals surface area contributed by atoms with E-state index in [2.05, 4.69) is 0 Å². The second-order valence-corrected chi connectivity index (χ2v) is 5.07. The minimum absolute atomic E-state index is 0.502. The number of aliphatic carboxylic acids is 1. The van der Waals surface area contributed by atoms with Gasteiger partial charge in [-0.15, -0.1) is 0 Å². The molecule has 0 radical (unpaired) electrons. The fraction of sp³-hybridized carbons (Fsp3) is 0.133. The van der Waals surface area contributed by atoms with Gasteiger partial charge in [0, 0.05) is 5.56 Å². The molecule has 2 nitrogen and oxygen atoms in total.